The van der Waals surface area contributed by atoms with Crippen LogP contribution in [-0.4, -0.2) is 60.6 Å². The van der Waals surface area contributed by atoms with Gasteiger partial charge in [-0.3, -0.25) is 9.69 Å². The van der Waals surface area contributed by atoms with Crippen molar-refractivity contribution in [2.75, 3.05) is 32.8 Å². The van der Waals surface area contributed by atoms with Gasteiger partial charge >= 0.3 is 0 Å². The number of rotatable bonds is 2. The maximum atomic E-state index is 13.3. The van der Waals surface area contributed by atoms with Gasteiger partial charge in [0.2, 0.25) is 0 Å². The number of piperidine rings is 1. The Hall–Kier alpha value is -1.46. The predicted molar refractivity (Wildman–Crippen MR) is 77.7 cm³/mol. The Morgan fingerprint density at radius 1 is 1.43 bits per heavy atom. The number of fused-ring (bicyclic) bond motifs is 1. The Bertz CT molecular complexity index is 517. The van der Waals surface area contributed by atoms with Gasteiger partial charge in [0.05, 0.1) is 18.8 Å². The topological polar surface area (TPSA) is 32.8 Å². The fourth-order valence-electron chi connectivity index (χ4n) is 3.32. The van der Waals surface area contributed by atoms with E-state index in [0.29, 0.717) is 18.7 Å². The molecule has 2 atom stereocenters. The first-order valence-electron chi connectivity index (χ1n) is 7.59. The molecule has 2 heterocycles. The van der Waals surface area contributed by atoms with E-state index in [1.165, 1.54) is 12.1 Å². The zero-order valence-electron chi connectivity index (χ0n) is 12.3. The first kappa shape index (κ1) is 14.5. The number of hydrogen-bond donors (Lipinski definition) is 0. The Labute approximate surface area is 124 Å². The number of benzene rings is 1. The summed E-state index contributed by atoms with van der Waals surface area (Å²) < 4.78 is 19.1. The second-order valence-corrected chi connectivity index (χ2v) is 5.66. The van der Waals surface area contributed by atoms with Crippen molar-refractivity contribution < 1.29 is 13.9 Å². The van der Waals surface area contributed by atoms with Crippen LogP contribution >= 0.6 is 0 Å². The molecule has 2 fully saturated rings. The molecule has 114 valence electrons. The maximum Gasteiger partial charge on any atom is 0.254 e. The van der Waals surface area contributed by atoms with Crippen LogP contribution in [0.4, 0.5) is 4.39 Å². The number of carbonyl (C=O) groups is 1. The number of carbonyl (C=O) groups excluding carboxylic acids is 1. The highest BCUT2D eigenvalue weighted by molar-refractivity contribution is 5.94. The van der Waals surface area contributed by atoms with Crippen molar-refractivity contribution in [2.45, 2.75) is 25.5 Å². The van der Waals surface area contributed by atoms with Gasteiger partial charge in [0, 0.05) is 25.2 Å². The van der Waals surface area contributed by atoms with Crippen molar-refractivity contribution in [3.63, 3.8) is 0 Å². The van der Waals surface area contributed by atoms with E-state index in [0.717, 1.165) is 26.1 Å². The molecule has 5 heteroatoms. The molecule has 1 aromatic rings. The number of morpholine rings is 1. The van der Waals surface area contributed by atoms with Gasteiger partial charge < -0.3 is 9.64 Å². The lowest BCUT2D eigenvalue weighted by atomic mass is 9.98. The largest absolute Gasteiger partial charge is 0.375 e. The summed E-state index contributed by atoms with van der Waals surface area (Å²) in [6.45, 7) is 6.12. The van der Waals surface area contributed by atoms with Crippen LogP contribution in [0.15, 0.2) is 24.3 Å². The van der Waals surface area contributed by atoms with Crippen molar-refractivity contribution >= 4 is 5.91 Å². The molecule has 0 aliphatic carbocycles. The number of likely N-dealkylation sites (tertiary alicyclic amines) is 1. The van der Waals surface area contributed by atoms with Crippen molar-refractivity contribution in [1.82, 2.24) is 9.80 Å². The van der Waals surface area contributed by atoms with E-state index in [1.54, 1.807) is 12.1 Å². The zero-order chi connectivity index (χ0) is 14.8. The SMILES string of the molecule is CCN1CCO[C@H]2CCN(C(=O)c3cccc(F)c3)C[C@@H]21. The van der Waals surface area contributed by atoms with Crippen molar-refractivity contribution in [3.8, 4) is 0 Å². The molecule has 4 nitrogen and oxygen atoms in total. The standard InChI is InChI=1S/C16H21FN2O2/c1-2-18-8-9-21-15-6-7-19(11-14(15)18)16(20)12-4-3-5-13(17)10-12/h3-5,10,14-15H,2,6-9,11H2,1H3/t14-,15-/m0/s1. The van der Waals surface area contributed by atoms with Gasteiger partial charge in [-0.1, -0.05) is 13.0 Å². The molecular formula is C16H21FN2O2. The normalized spacial score (nSPS) is 26.5. The number of halogens is 1. The summed E-state index contributed by atoms with van der Waals surface area (Å²) in [5.41, 5.74) is 0.424. The van der Waals surface area contributed by atoms with Gasteiger partial charge in [0.15, 0.2) is 0 Å². The minimum absolute atomic E-state index is 0.0884. The molecule has 0 N–H and O–H groups in total. The number of ether oxygens (including phenoxy) is 1. The van der Waals surface area contributed by atoms with Gasteiger partial charge in [-0.15, -0.1) is 0 Å². The van der Waals surface area contributed by atoms with E-state index >= 15 is 0 Å². The minimum Gasteiger partial charge on any atom is -0.375 e. The molecule has 0 spiro atoms. The highest BCUT2D eigenvalue weighted by atomic mass is 19.1. The summed E-state index contributed by atoms with van der Waals surface area (Å²) in [6, 6.07) is 6.18. The predicted octanol–water partition coefficient (Wildman–Crippen LogP) is 1.76. The first-order valence-corrected chi connectivity index (χ1v) is 7.59. The summed E-state index contributed by atoms with van der Waals surface area (Å²) in [5, 5.41) is 0. The van der Waals surface area contributed by atoms with Crippen LogP contribution in [0, 0.1) is 5.82 Å². The van der Waals surface area contributed by atoms with Gasteiger partial charge in [0.25, 0.3) is 5.91 Å². The van der Waals surface area contributed by atoms with E-state index in [2.05, 4.69) is 11.8 Å². The second-order valence-electron chi connectivity index (χ2n) is 5.66. The third-order valence-corrected chi connectivity index (χ3v) is 4.46. The molecule has 0 radical (unpaired) electrons. The van der Waals surface area contributed by atoms with Crippen LogP contribution in [0.1, 0.15) is 23.7 Å². The van der Waals surface area contributed by atoms with Crippen LogP contribution < -0.4 is 0 Å². The van der Waals surface area contributed by atoms with Crippen LogP contribution in [0.3, 0.4) is 0 Å². The van der Waals surface area contributed by atoms with Crippen LogP contribution in [0.2, 0.25) is 0 Å². The maximum absolute atomic E-state index is 13.3. The lowest BCUT2D eigenvalue weighted by Gasteiger charge is -2.46. The molecular weight excluding hydrogens is 271 g/mol. The third-order valence-electron chi connectivity index (χ3n) is 4.46. The average Bonchev–Trinajstić information content (AvgIpc) is 2.53. The molecule has 3 rings (SSSR count). The van der Waals surface area contributed by atoms with Gasteiger partial charge in [-0.2, -0.15) is 0 Å². The molecule has 2 saturated heterocycles. The molecule has 21 heavy (non-hydrogen) atoms. The summed E-state index contributed by atoms with van der Waals surface area (Å²) in [5.74, 6) is -0.457. The number of hydrogen-bond acceptors (Lipinski definition) is 3. The van der Waals surface area contributed by atoms with Gasteiger partial charge in [-0.25, -0.2) is 4.39 Å². The zero-order valence-corrected chi connectivity index (χ0v) is 12.3. The quantitative estimate of drug-likeness (QED) is 0.833. The summed E-state index contributed by atoms with van der Waals surface area (Å²) in [6.07, 6.45) is 1.07. The highest BCUT2D eigenvalue weighted by Gasteiger charge is 2.37. The second kappa shape index (κ2) is 6.12. The number of likely N-dealkylation sites (N-methyl/N-ethyl adjacent to an activating group) is 1. The first-order chi connectivity index (χ1) is 10.2. The minimum atomic E-state index is -0.369. The van der Waals surface area contributed by atoms with Crippen LogP contribution in [0.25, 0.3) is 0 Å². The van der Waals surface area contributed by atoms with Crippen LogP contribution in [-0.2, 0) is 4.74 Å². The molecule has 1 amide bonds. The fraction of sp³-hybridized carbons (Fsp3) is 0.562. The van der Waals surface area contributed by atoms with E-state index in [1.807, 2.05) is 4.90 Å². The number of amides is 1. The molecule has 1 aromatic carbocycles. The summed E-state index contributed by atoms with van der Waals surface area (Å²) >= 11 is 0. The Kier molecular flexibility index (Phi) is 4.22. The molecule has 0 unspecified atom stereocenters. The number of nitrogens with zero attached hydrogens (tertiary/aromatic N) is 2. The van der Waals surface area contributed by atoms with E-state index in [4.69, 9.17) is 4.74 Å². The fourth-order valence-corrected chi connectivity index (χ4v) is 3.32. The summed E-state index contributed by atoms with van der Waals surface area (Å²) in [7, 11) is 0. The van der Waals surface area contributed by atoms with Crippen molar-refractivity contribution in [3.05, 3.63) is 35.6 Å². The Morgan fingerprint density at radius 3 is 3.05 bits per heavy atom. The van der Waals surface area contributed by atoms with E-state index < -0.39 is 0 Å². The third kappa shape index (κ3) is 2.94. The molecule has 2 aliphatic heterocycles. The van der Waals surface area contributed by atoms with Crippen molar-refractivity contribution in [2.24, 2.45) is 0 Å². The lowest BCUT2D eigenvalue weighted by molar-refractivity contribution is -0.0961. The highest BCUT2D eigenvalue weighted by Crippen LogP contribution is 2.24. The molecule has 0 aromatic heterocycles. The Balaban J connectivity index is 1.73. The van der Waals surface area contributed by atoms with Gasteiger partial charge in [0.1, 0.15) is 5.82 Å². The average molecular weight is 292 g/mol. The lowest BCUT2D eigenvalue weighted by Crippen LogP contribution is -2.60. The monoisotopic (exact) mass is 292 g/mol. The van der Waals surface area contributed by atoms with E-state index in [-0.39, 0.29) is 23.9 Å². The smallest absolute Gasteiger partial charge is 0.254 e. The van der Waals surface area contributed by atoms with Crippen molar-refractivity contribution in [1.29, 1.82) is 0 Å². The molecule has 0 saturated carbocycles. The van der Waals surface area contributed by atoms with E-state index in [9.17, 15) is 9.18 Å². The summed E-state index contributed by atoms with van der Waals surface area (Å²) in [4.78, 5) is 16.7. The molecule has 2 aliphatic rings. The van der Waals surface area contributed by atoms with Crippen LogP contribution in [0.5, 0.6) is 0 Å². The van der Waals surface area contributed by atoms with Gasteiger partial charge in [-0.05, 0) is 31.2 Å². The molecule has 0 bridgehead atoms. The Morgan fingerprint density at radius 2 is 2.29 bits per heavy atom.